The van der Waals surface area contributed by atoms with Crippen molar-refractivity contribution in [2.24, 2.45) is 0 Å². The van der Waals surface area contributed by atoms with Crippen LogP contribution in [0.4, 0.5) is 11.4 Å². The molecule has 6 nitrogen and oxygen atoms in total. The number of nitrogens with one attached hydrogen (secondary N) is 2. The summed E-state index contributed by atoms with van der Waals surface area (Å²) in [5.41, 5.74) is 10.8. The summed E-state index contributed by atoms with van der Waals surface area (Å²) < 4.78 is 0. The third kappa shape index (κ3) is 3.11. The quantitative estimate of drug-likeness (QED) is 0.721. The van der Waals surface area contributed by atoms with Gasteiger partial charge in [0.2, 0.25) is 0 Å². The van der Waals surface area contributed by atoms with Crippen molar-refractivity contribution in [1.82, 2.24) is 15.8 Å². The zero-order chi connectivity index (χ0) is 20.6. The van der Waals surface area contributed by atoms with Gasteiger partial charge in [-0.25, -0.2) is 5.43 Å². The number of anilines is 2. The van der Waals surface area contributed by atoms with E-state index in [0.29, 0.717) is 11.3 Å². The van der Waals surface area contributed by atoms with E-state index >= 15 is 0 Å². The molecule has 0 saturated heterocycles. The molecule has 1 aromatic heterocycles. The van der Waals surface area contributed by atoms with Gasteiger partial charge >= 0.3 is 0 Å². The average Bonchev–Trinajstić information content (AvgIpc) is 2.75. The van der Waals surface area contributed by atoms with Crippen molar-refractivity contribution >= 4 is 17.3 Å². The highest BCUT2D eigenvalue weighted by Crippen LogP contribution is 2.39. The Labute approximate surface area is 171 Å². The molecule has 0 bridgehead atoms. The minimum absolute atomic E-state index is 0.182. The molecule has 2 N–H and O–H groups in total. The van der Waals surface area contributed by atoms with E-state index in [-0.39, 0.29) is 5.91 Å². The van der Waals surface area contributed by atoms with Gasteiger partial charge in [0.05, 0.1) is 11.3 Å². The third-order valence-corrected chi connectivity index (χ3v) is 5.40. The highest BCUT2D eigenvalue weighted by molar-refractivity contribution is 5.97. The lowest BCUT2D eigenvalue weighted by molar-refractivity contribution is 0.0895. The molecule has 148 valence electrons. The summed E-state index contributed by atoms with van der Waals surface area (Å²) in [6.07, 6.45) is 1.73. The number of rotatable bonds is 4. The van der Waals surface area contributed by atoms with E-state index in [0.717, 1.165) is 22.5 Å². The number of hydrazine groups is 1. The fourth-order valence-corrected chi connectivity index (χ4v) is 3.77. The Morgan fingerprint density at radius 2 is 1.31 bits per heavy atom. The van der Waals surface area contributed by atoms with Gasteiger partial charge in [0.25, 0.3) is 5.91 Å². The van der Waals surface area contributed by atoms with Crippen molar-refractivity contribution < 1.29 is 4.79 Å². The molecule has 1 aliphatic rings. The number of fused-ring (bicyclic) bond motifs is 1. The van der Waals surface area contributed by atoms with Crippen molar-refractivity contribution in [3.63, 3.8) is 0 Å². The third-order valence-electron chi connectivity index (χ3n) is 5.40. The second-order valence-corrected chi connectivity index (χ2v) is 7.61. The molecule has 0 unspecified atom stereocenters. The van der Waals surface area contributed by atoms with Crippen LogP contribution in [0.15, 0.2) is 66.9 Å². The van der Waals surface area contributed by atoms with E-state index in [9.17, 15) is 4.79 Å². The van der Waals surface area contributed by atoms with Gasteiger partial charge in [-0.3, -0.25) is 15.2 Å². The van der Waals surface area contributed by atoms with Crippen LogP contribution in [-0.4, -0.2) is 39.1 Å². The molecule has 2 aromatic carbocycles. The average molecular weight is 387 g/mol. The number of carbonyl (C=O) groups excluding carboxylic acids is 1. The minimum atomic E-state index is -0.791. The van der Waals surface area contributed by atoms with E-state index in [1.54, 1.807) is 12.3 Å². The lowest BCUT2D eigenvalue weighted by Crippen LogP contribution is -2.58. The van der Waals surface area contributed by atoms with Gasteiger partial charge in [-0.2, -0.15) is 0 Å². The summed E-state index contributed by atoms with van der Waals surface area (Å²) >= 11 is 0. The van der Waals surface area contributed by atoms with Crippen LogP contribution in [0.1, 0.15) is 27.2 Å². The Balaban J connectivity index is 1.95. The smallest absolute Gasteiger partial charge is 0.267 e. The van der Waals surface area contributed by atoms with Crippen LogP contribution in [0.25, 0.3) is 0 Å². The zero-order valence-electron chi connectivity index (χ0n) is 17.1. The predicted molar refractivity (Wildman–Crippen MR) is 116 cm³/mol. The second kappa shape index (κ2) is 7.22. The lowest BCUT2D eigenvalue weighted by Gasteiger charge is -2.40. The van der Waals surface area contributed by atoms with Crippen molar-refractivity contribution in [3.8, 4) is 0 Å². The SMILES string of the molecule is CN(C)c1ccc(C2(c3ccc(N(C)C)cc3)NNC(=O)c3cccnc32)cc1. The highest BCUT2D eigenvalue weighted by Gasteiger charge is 2.44. The van der Waals surface area contributed by atoms with Gasteiger partial charge in [0, 0.05) is 45.8 Å². The first kappa shape index (κ1) is 19.0. The molecule has 0 radical (unpaired) electrons. The first-order chi connectivity index (χ1) is 13.9. The summed E-state index contributed by atoms with van der Waals surface area (Å²) in [5, 5.41) is 0. The van der Waals surface area contributed by atoms with Gasteiger partial charge < -0.3 is 9.80 Å². The van der Waals surface area contributed by atoms with Crippen molar-refractivity contribution in [3.05, 3.63) is 89.2 Å². The maximum atomic E-state index is 12.5. The predicted octanol–water partition coefficient (Wildman–Crippen LogP) is 2.75. The van der Waals surface area contributed by atoms with E-state index in [4.69, 9.17) is 0 Å². The van der Waals surface area contributed by atoms with Crippen LogP contribution >= 0.6 is 0 Å². The normalized spacial score (nSPS) is 14.7. The van der Waals surface area contributed by atoms with Crippen LogP contribution in [0.3, 0.4) is 0 Å². The summed E-state index contributed by atoms with van der Waals surface area (Å²) in [6.45, 7) is 0. The monoisotopic (exact) mass is 387 g/mol. The van der Waals surface area contributed by atoms with Crippen molar-refractivity contribution in [2.45, 2.75) is 5.54 Å². The van der Waals surface area contributed by atoms with Gasteiger partial charge in [0.1, 0.15) is 5.54 Å². The minimum Gasteiger partial charge on any atom is -0.378 e. The molecule has 0 fully saturated rings. The molecule has 2 heterocycles. The first-order valence-corrected chi connectivity index (χ1v) is 9.52. The second-order valence-electron chi connectivity index (χ2n) is 7.61. The van der Waals surface area contributed by atoms with E-state index in [2.05, 4.69) is 74.2 Å². The Morgan fingerprint density at radius 1 is 0.793 bits per heavy atom. The van der Waals surface area contributed by atoms with Gasteiger partial charge in [-0.05, 0) is 47.5 Å². The Morgan fingerprint density at radius 3 is 1.79 bits per heavy atom. The maximum Gasteiger partial charge on any atom is 0.267 e. The number of nitrogens with zero attached hydrogens (tertiary/aromatic N) is 3. The van der Waals surface area contributed by atoms with E-state index < -0.39 is 5.54 Å². The molecular formula is C23H25N5O. The topological polar surface area (TPSA) is 60.5 Å². The lowest BCUT2D eigenvalue weighted by atomic mass is 9.77. The van der Waals surface area contributed by atoms with Crippen LogP contribution in [0, 0.1) is 0 Å². The number of pyridine rings is 1. The number of amides is 1. The van der Waals surface area contributed by atoms with E-state index in [1.807, 2.05) is 34.3 Å². The summed E-state index contributed by atoms with van der Waals surface area (Å²) in [4.78, 5) is 21.3. The molecule has 0 aliphatic carbocycles. The molecule has 0 saturated carbocycles. The van der Waals surface area contributed by atoms with Gasteiger partial charge in [-0.15, -0.1) is 0 Å². The van der Waals surface area contributed by atoms with Gasteiger partial charge in [0.15, 0.2) is 0 Å². The molecular weight excluding hydrogens is 362 g/mol. The molecule has 4 rings (SSSR count). The molecule has 29 heavy (non-hydrogen) atoms. The fraction of sp³-hybridized carbons (Fsp3) is 0.217. The summed E-state index contributed by atoms with van der Waals surface area (Å²) in [6, 6.07) is 20.2. The van der Waals surface area contributed by atoms with Crippen molar-refractivity contribution in [1.29, 1.82) is 0 Å². The number of carbonyl (C=O) groups is 1. The number of aromatic nitrogens is 1. The van der Waals surface area contributed by atoms with Crippen LogP contribution in [0.2, 0.25) is 0 Å². The van der Waals surface area contributed by atoms with Crippen LogP contribution in [-0.2, 0) is 5.54 Å². The Hall–Kier alpha value is -3.38. The molecule has 0 spiro atoms. The van der Waals surface area contributed by atoms with Crippen LogP contribution < -0.4 is 20.7 Å². The maximum absolute atomic E-state index is 12.5. The number of benzene rings is 2. The highest BCUT2D eigenvalue weighted by atomic mass is 16.2. The summed E-state index contributed by atoms with van der Waals surface area (Å²) in [5.74, 6) is -0.182. The standard InChI is InChI=1S/C23H25N5O/c1-27(2)18-11-7-16(8-12-18)23(17-9-13-19(14-10-17)28(3)4)21-20(6-5-15-24-21)22(29)25-26-23/h5-15,26H,1-4H3,(H,25,29). The molecule has 1 amide bonds. The first-order valence-electron chi connectivity index (χ1n) is 9.52. The number of hydrogen-bond donors (Lipinski definition) is 2. The van der Waals surface area contributed by atoms with Crippen LogP contribution in [0.5, 0.6) is 0 Å². The largest absolute Gasteiger partial charge is 0.378 e. The van der Waals surface area contributed by atoms with E-state index in [1.165, 1.54) is 0 Å². The molecule has 3 aromatic rings. The molecule has 1 aliphatic heterocycles. The van der Waals surface area contributed by atoms with Crippen molar-refractivity contribution in [2.75, 3.05) is 38.0 Å². The number of hydrogen-bond acceptors (Lipinski definition) is 5. The molecule has 6 heteroatoms. The van der Waals surface area contributed by atoms with Gasteiger partial charge in [-0.1, -0.05) is 24.3 Å². The summed E-state index contributed by atoms with van der Waals surface area (Å²) in [7, 11) is 8.06. The Kier molecular flexibility index (Phi) is 4.72. The fourth-order valence-electron chi connectivity index (χ4n) is 3.77. The Bertz CT molecular complexity index is 974. The molecule has 0 atom stereocenters. The zero-order valence-corrected chi connectivity index (χ0v) is 17.1.